The topological polar surface area (TPSA) is 299 Å². The zero-order valence-corrected chi connectivity index (χ0v) is 68.5. The minimum Gasteiger partial charge on any atom is -0.496 e. The van der Waals surface area contributed by atoms with E-state index in [1.807, 2.05) is 94.4 Å². The predicted molar refractivity (Wildman–Crippen MR) is 428 cm³/mol. The third kappa shape index (κ3) is 17.1. The van der Waals surface area contributed by atoms with Gasteiger partial charge in [-0.15, -0.1) is 0 Å². The molecular weight excluding hydrogens is 1490 g/mol. The molecule has 0 radical (unpaired) electrons. The van der Waals surface area contributed by atoms with Crippen molar-refractivity contribution >= 4 is 0 Å². The summed E-state index contributed by atoms with van der Waals surface area (Å²) in [5.74, 6) is 8.42. The molecule has 24 heteroatoms. The van der Waals surface area contributed by atoms with Crippen molar-refractivity contribution < 1.29 is 116 Å². The van der Waals surface area contributed by atoms with Crippen LogP contribution in [0.25, 0.3) is 0 Å². The van der Waals surface area contributed by atoms with Crippen molar-refractivity contribution in [1.29, 1.82) is 0 Å². The highest BCUT2D eigenvalue weighted by molar-refractivity contribution is 5.51. The van der Waals surface area contributed by atoms with Crippen molar-refractivity contribution in [1.82, 2.24) is 0 Å². The van der Waals surface area contributed by atoms with Gasteiger partial charge in [-0.2, -0.15) is 0 Å². The van der Waals surface area contributed by atoms with Crippen LogP contribution < -0.4 is 42.6 Å². The summed E-state index contributed by atoms with van der Waals surface area (Å²) in [4.78, 5) is 0. The Kier molecular flexibility index (Phi) is 28.2. The molecule has 8 heterocycles. The summed E-state index contributed by atoms with van der Waals surface area (Å²) in [5, 5.41) is 67.7. The predicted octanol–water partition coefficient (Wildman–Crippen LogP) is 12.8. The molecule has 7 N–H and O–H groups in total. The van der Waals surface area contributed by atoms with Gasteiger partial charge in [0.25, 0.3) is 0 Å². The molecule has 0 amide bonds. The van der Waals surface area contributed by atoms with E-state index in [9.17, 15) is 35.7 Å². The largest absolute Gasteiger partial charge is 0.496 e. The lowest BCUT2D eigenvalue weighted by Gasteiger charge is -2.20. The molecule has 8 aliphatic heterocycles. The number of aryl methyl sites for hydroxylation is 3. The number of fused-ring (bicyclic) bond motifs is 4. The SMILES string of the molecule is COc1cc([C@@H]2OC[C@H]3[C@@H]2CO[C@@H]3c2cc(CO)c(CO)c(OC)c2)ccc1C.COc1cc([C@H]2OC[C@H]3[C@@H]2CO[C@@H]3c2cc(CO)c(CO)c(OC)c2)cc(OC)c1C.COc1cc([C@H]2OC[C@H]3[C@@H]2CO[C@@H]3c2cc(CO)c(CO)c(OC)c2)ccc1C.COc1cc([C@H]2OC[C@H]3[C@@H]2CO[C@@H]3c2ccc(CO)c(OC)c2)ccc1C. The van der Waals surface area contributed by atoms with Crippen molar-refractivity contribution in [2.24, 2.45) is 47.3 Å². The van der Waals surface area contributed by atoms with Crippen molar-refractivity contribution in [2.45, 2.75) is 123 Å². The average Bonchev–Trinajstić information content (AvgIpc) is 1.60. The molecule has 16 rings (SSSR count). The van der Waals surface area contributed by atoms with Crippen LogP contribution in [0.4, 0.5) is 0 Å². The third-order valence-corrected chi connectivity index (χ3v) is 24.9. The molecular formula is C92H112O24. The molecule has 16 atom stereocenters. The lowest BCUT2D eigenvalue weighted by atomic mass is 9.84. The lowest BCUT2D eigenvalue weighted by molar-refractivity contribution is 0.0189. The summed E-state index contributed by atoms with van der Waals surface area (Å²) < 4.78 is 98.9. The number of benzene rings is 8. The minimum atomic E-state index is -0.195. The van der Waals surface area contributed by atoms with E-state index in [-0.39, 0.29) is 131 Å². The first-order valence-corrected chi connectivity index (χ1v) is 39.5. The monoisotopic (exact) mass is 1600 g/mol. The van der Waals surface area contributed by atoms with Gasteiger partial charge in [-0.1, -0.05) is 66.7 Å². The van der Waals surface area contributed by atoms with Crippen LogP contribution in [0.2, 0.25) is 0 Å². The number of rotatable bonds is 24. The highest BCUT2D eigenvalue weighted by atomic mass is 16.6. The van der Waals surface area contributed by atoms with Crippen LogP contribution in [-0.4, -0.2) is 153 Å². The molecule has 116 heavy (non-hydrogen) atoms. The molecule has 8 aromatic rings. The van der Waals surface area contributed by atoms with Crippen LogP contribution in [-0.2, 0) is 84.1 Å². The average molecular weight is 1600 g/mol. The fraction of sp³-hybridized carbons (Fsp3) is 0.478. The summed E-state index contributed by atoms with van der Waals surface area (Å²) in [7, 11) is 14.7. The maximum absolute atomic E-state index is 9.78. The van der Waals surface area contributed by atoms with Gasteiger partial charge in [0.1, 0.15) is 51.7 Å². The molecule has 8 fully saturated rings. The molecule has 8 aliphatic rings. The third-order valence-electron chi connectivity index (χ3n) is 24.9. The molecule has 0 aliphatic carbocycles. The molecule has 0 bridgehead atoms. The van der Waals surface area contributed by atoms with E-state index in [2.05, 4.69) is 54.6 Å². The first-order chi connectivity index (χ1) is 56.4. The van der Waals surface area contributed by atoms with Gasteiger partial charge >= 0.3 is 0 Å². The van der Waals surface area contributed by atoms with E-state index in [4.69, 9.17) is 80.5 Å². The molecule has 624 valence electrons. The number of methoxy groups -OCH3 is 9. The van der Waals surface area contributed by atoms with Gasteiger partial charge < -0.3 is 116 Å². The van der Waals surface area contributed by atoms with E-state index in [1.54, 1.807) is 64.0 Å². The van der Waals surface area contributed by atoms with Gasteiger partial charge in [-0.05, 0) is 160 Å². The standard InChI is InChI=1S/C24H30O7.2C23H28O6.C22H26O5/c1-13-20(27-2)6-15(7-21(13)28-3)24-19-12-30-23(18(19)11-31-24)14-5-16(9-25)17(10-26)22(8-14)29-4;2*1-13-4-5-14(7-20(13)26-2)22-18-11-29-23(19(18)12-28-22)15-6-16(9-24)17(10-25)21(8-15)27-3;1-13-4-5-14(8-19(13)24-2)21-17-11-27-22(18(17)12-26-21)15-6-7-16(10-23)20(9-15)25-3/h5-8,18-19,23-26H,9-12H2,1-4H3;2*4-8,18-19,22-25H,9-12H2,1-3H3;4-9,17-18,21-23H,10-12H2,1-3H3/t18-,19-,23+,24+;18-,19-,22+,23+;18-,19-,22-,23+;17-,18-,21+,22+/m0000/s1. The van der Waals surface area contributed by atoms with Crippen LogP contribution in [0.1, 0.15) is 155 Å². The van der Waals surface area contributed by atoms with Gasteiger partial charge in [-0.3, -0.25) is 0 Å². The van der Waals surface area contributed by atoms with E-state index < -0.39 is 0 Å². The van der Waals surface area contributed by atoms with E-state index in [1.165, 1.54) is 0 Å². The van der Waals surface area contributed by atoms with Gasteiger partial charge in [0, 0.05) is 75.2 Å². The van der Waals surface area contributed by atoms with E-state index in [0.29, 0.717) is 121 Å². The molecule has 8 aromatic carbocycles. The number of ether oxygens (including phenoxy) is 17. The van der Waals surface area contributed by atoms with Crippen molar-refractivity contribution in [2.75, 3.05) is 117 Å². The van der Waals surface area contributed by atoms with Crippen molar-refractivity contribution in [3.05, 3.63) is 227 Å². The van der Waals surface area contributed by atoms with Gasteiger partial charge in [0.05, 0.1) is 212 Å². The zero-order chi connectivity index (χ0) is 82.2. The highest BCUT2D eigenvalue weighted by Crippen LogP contribution is 2.56. The normalized spacial score (nSPS) is 25.8. The van der Waals surface area contributed by atoms with Crippen molar-refractivity contribution in [3.63, 3.8) is 0 Å². The summed E-state index contributed by atoms with van der Waals surface area (Å²) >= 11 is 0. The number of hydrogen-bond acceptors (Lipinski definition) is 24. The molecule has 0 spiro atoms. The van der Waals surface area contributed by atoms with Crippen LogP contribution in [0, 0.1) is 75.0 Å². The summed E-state index contributed by atoms with van der Waals surface area (Å²) in [5.41, 5.74) is 17.1. The second kappa shape index (κ2) is 38.4. The fourth-order valence-electron chi connectivity index (χ4n) is 18.5. The second-order valence-electron chi connectivity index (χ2n) is 30.8. The van der Waals surface area contributed by atoms with Gasteiger partial charge in [0.15, 0.2) is 0 Å². The second-order valence-corrected chi connectivity index (χ2v) is 30.8. The Balaban J connectivity index is 0.000000135. The first-order valence-electron chi connectivity index (χ1n) is 39.5. The molecule has 24 nitrogen and oxygen atoms in total. The van der Waals surface area contributed by atoms with Crippen molar-refractivity contribution in [3.8, 4) is 51.7 Å². The number of aliphatic hydroxyl groups excluding tert-OH is 7. The quantitative estimate of drug-likeness (QED) is 0.0296. The Labute approximate surface area is 678 Å². The number of hydrogen-bond donors (Lipinski definition) is 7. The fourth-order valence-corrected chi connectivity index (χ4v) is 18.5. The smallest absolute Gasteiger partial charge is 0.125 e. The maximum Gasteiger partial charge on any atom is 0.125 e. The Morgan fingerprint density at radius 1 is 0.224 bits per heavy atom. The molecule has 8 saturated heterocycles. The van der Waals surface area contributed by atoms with Crippen LogP contribution in [0.3, 0.4) is 0 Å². The van der Waals surface area contributed by atoms with Crippen LogP contribution in [0.5, 0.6) is 51.7 Å². The van der Waals surface area contributed by atoms with Crippen LogP contribution >= 0.6 is 0 Å². The Hall–Kier alpha value is -8.64. The Bertz CT molecular complexity index is 4430. The lowest BCUT2D eigenvalue weighted by Crippen LogP contribution is -2.15. The molecule has 0 unspecified atom stereocenters. The molecule has 0 saturated carbocycles. The van der Waals surface area contributed by atoms with Gasteiger partial charge in [0.2, 0.25) is 0 Å². The number of aliphatic hydroxyl groups is 7. The first kappa shape index (κ1) is 85.2. The van der Waals surface area contributed by atoms with Crippen LogP contribution in [0.15, 0.2) is 121 Å². The Morgan fingerprint density at radius 3 is 0.647 bits per heavy atom. The zero-order valence-electron chi connectivity index (χ0n) is 68.5. The van der Waals surface area contributed by atoms with E-state index >= 15 is 0 Å². The maximum atomic E-state index is 9.78. The Morgan fingerprint density at radius 2 is 0.422 bits per heavy atom. The summed E-state index contributed by atoms with van der Waals surface area (Å²) in [6, 6.07) is 40.0. The minimum absolute atomic E-state index is 0.0195. The van der Waals surface area contributed by atoms with Gasteiger partial charge in [-0.25, -0.2) is 0 Å². The summed E-state index contributed by atoms with van der Waals surface area (Å²) in [6.45, 7) is 11.8. The highest BCUT2D eigenvalue weighted by Gasteiger charge is 2.53. The van der Waals surface area contributed by atoms with E-state index in [0.717, 1.165) is 101 Å². The molecule has 0 aromatic heterocycles. The summed E-state index contributed by atoms with van der Waals surface area (Å²) in [6.07, 6.45) is -0.618.